The Labute approximate surface area is 135 Å². The van der Waals surface area contributed by atoms with E-state index in [1.165, 1.54) is 5.56 Å². The van der Waals surface area contributed by atoms with E-state index in [0.29, 0.717) is 6.04 Å². The number of hydrogen-bond donors (Lipinski definition) is 1. The SMILES string of the molecule is C=CC[C@H](c1cc(OC)c(OC)cc1Br)N1CCNCC1. The summed E-state index contributed by atoms with van der Waals surface area (Å²) >= 11 is 3.68. The van der Waals surface area contributed by atoms with E-state index in [1.807, 2.05) is 12.1 Å². The van der Waals surface area contributed by atoms with Crippen LogP contribution in [-0.2, 0) is 0 Å². The van der Waals surface area contributed by atoms with Gasteiger partial charge in [0.2, 0.25) is 0 Å². The van der Waals surface area contributed by atoms with Crippen LogP contribution in [0.1, 0.15) is 18.0 Å². The Balaban J connectivity index is 2.36. The van der Waals surface area contributed by atoms with Gasteiger partial charge in [0.25, 0.3) is 0 Å². The first-order valence-electron chi connectivity index (χ1n) is 7.18. The lowest BCUT2D eigenvalue weighted by atomic mass is 10.0. The van der Waals surface area contributed by atoms with Crippen LogP contribution in [0, 0.1) is 0 Å². The van der Waals surface area contributed by atoms with Crippen molar-refractivity contribution >= 4 is 15.9 Å². The van der Waals surface area contributed by atoms with Crippen molar-refractivity contribution in [1.29, 1.82) is 0 Å². The molecule has 1 heterocycles. The van der Waals surface area contributed by atoms with Crippen molar-refractivity contribution in [3.05, 3.63) is 34.8 Å². The molecule has 116 valence electrons. The van der Waals surface area contributed by atoms with Gasteiger partial charge in [-0.15, -0.1) is 6.58 Å². The summed E-state index contributed by atoms with van der Waals surface area (Å²) in [7, 11) is 3.32. The van der Waals surface area contributed by atoms with Crippen LogP contribution in [0.5, 0.6) is 11.5 Å². The average Bonchev–Trinajstić information content (AvgIpc) is 2.53. The molecule has 1 atom stereocenters. The zero-order valence-electron chi connectivity index (χ0n) is 12.7. The Hall–Kier alpha value is -1.04. The van der Waals surface area contributed by atoms with Crippen molar-refractivity contribution in [2.45, 2.75) is 12.5 Å². The summed E-state index contributed by atoms with van der Waals surface area (Å²) in [5.41, 5.74) is 1.22. The number of methoxy groups -OCH3 is 2. The second kappa shape index (κ2) is 7.82. The Morgan fingerprint density at radius 3 is 2.48 bits per heavy atom. The van der Waals surface area contributed by atoms with E-state index >= 15 is 0 Å². The molecular weight excluding hydrogens is 332 g/mol. The van der Waals surface area contributed by atoms with Gasteiger partial charge >= 0.3 is 0 Å². The van der Waals surface area contributed by atoms with Gasteiger partial charge in [-0.1, -0.05) is 22.0 Å². The van der Waals surface area contributed by atoms with Crippen LogP contribution >= 0.6 is 15.9 Å². The number of nitrogens with zero attached hydrogens (tertiary/aromatic N) is 1. The van der Waals surface area contributed by atoms with Gasteiger partial charge in [-0.05, 0) is 24.1 Å². The first-order chi connectivity index (χ1) is 10.2. The lowest BCUT2D eigenvalue weighted by molar-refractivity contribution is 0.173. The van der Waals surface area contributed by atoms with Gasteiger partial charge in [0.05, 0.1) is 14.2 Å². The van der Waals surface area contributed by atoms with Gasteiger partial charge in [-0.3, -0.25) is 4.90 Å². The number of nitrogens with one attached hydrogen (secondary N) is 1. The van der Waals surface area contributed by atoms with E-state index in [1.54, 1.807) is 14.2 Å². The average molecular weight is 355 g/mol. The number of rotatable bonds is 6. The number of piperazine rings is 1. The van der Waals surface area contributed by atoms with Crippen molar-refractivity contribution in [3.63, 3.8) is 0 Å². The number of hydrogen-bond acceptors (Lipinski definition) is 4. The maximum atomic E-state index is 5.44. The molecule has 1 aromatic carbocycles. The summed E-state index contributed by atoms with van der Waals surface area (Å²) in [6.45, 7) is 8.05. The molecule has 1 aliphatic heterocycles. The van der Waals surface area contributed by atoms with Crippen molar-refractivity contribution in [2.24, 2.45) is 0 Å². The van der Waals surface area contributed by atoms with E-state index in [-0.39, 0.29) is 0 Å². The zero-order chi connectivity index (χ0) is 15.2. The van der Waals surface area contributed by atoms with Crippen LogP contribution in [0.2, 0.25) is 0 Å². The fourth-order valence-electron chi connectivity index (χ4n) is 2.75. The van der Waals surface area contributed by atoms with Crippen molar-refractivity contribution < 1.29 is 9.47 Å². The van der Waals surface area contributed by atoms with E-state index in [4.69, 9.17) is 9.47 Å². The van der Waals surface area contributed by atoms with Gasteiger partial charge in [-0.2, -0.15) is 0 Å². The molecule has 0 radical (unpaired) electrons. The van der Waals surface area contributed by atoms with Crippen LogP contribution in [0.25, 0.3) is 0 Å². The summed E-state index contributed by atoms with van der Waals surface area (Å²) < 4.78 is 11.9. The molecule has 4 nitrogen and oxygen atoms in total. The maximum absolute atomic E-state index is 5.44. The monoisotopic (exact) mass is 354 g/mol. The maximum Gasteiger partial charge on any atom is 0.161 e. The van der Waals surface area contributed by atoms with Gasteiger partial charge in [-0.25, -0.2) is 0 Å². The van der Waals surface area contributed by atoms with E-state index < -0.39 is 0 Å². The van der Waals surface area contributed by atoms with E-state index in [2.05, 4.69) is 38.8 Å². The molecule has 0 aromatic heterocycles. The second-order valence-electron chi connectivity index (χ2n) is 5.05. The summed E-state index contributed by atoms with van der Waals surface area (Å²) in [6.07, 6.45) is 2.89. The molecule has 0 saturated carbocycles. The van der Waals surface area contributed by atoms with Crippen molar-refractivity contribution in [3.8, 4) is 11.5 Å². The minimum absolute atomic E-state index is 0.304. The number of ether oxygens (including phenoxy) is 2. The summed E-state index contributed by atoms with van der Waals surface area (Å²) in [5, 5.41) is 3.39. The Kier molecular flexibility index (Phi) is 6.08. The fourth-order valence-corrected chi connectivity index (χ4v) is 3.34. The summed E-state index contributed by atoms with van der Waals surface area (Å²) in [6, 6.07) is 4.35. The van der Waals surface area contributed by atoms with E-state index in [0.717, 1.165) is 48.6 Å². The quantitative estimate of drug-likeness (QED) is 0.796. The molecule has 0 aliphatic carbocycles. The van der Waals surface area contributed by atoms with Crippen LogP contribution in [0.15, 0.2) is 29.3 Å². The highest BCUT2D eigenvalue weighted by Gasteiger charge is 2.24. The first-order valence-corrected chi connectivity index (χ1v) is 7.97. The standard InChI is InChI=1S/C16H23BrN2O2/c1-4-5-14(19-8-6-18-7-9-19)12-10-15(20-2)16(21-3)11-13(12)17/h4,10-11,14,18H,1,5-9H2,2-3H3/t14-/m1/s1. The Morgan fingerprint density at radius 1 is 1.29 bits per heavy atom. The molecule has 1 aliphatic rings. The molecule has 5 heteroatoms. The third kappa shape index (κ3) is 3.78. The highest BCUT2D eigenvalue weighted by atomic mass is 79.9. The summed E-state index contributed by atoms with van der Waals surface area (Å²) in [5.74, 6) is 1.51. The largest absolute Gasteiger partial charge is 0.493 e. The topological polar surface area (TPSA) is 33.7 Å². The van der Waals surface area contributed by atoms with Crippen LogP contribution in [-0.4, -0.2) is 45.3 Å². The van der Waals surface area contributed by atoms with Crippen LogP contribution in [0.3, 0.4) is 0 Å². The van der Waals surface area contributed by atoms with Crippen molar-refractivity contribution in [1.82, 2.24) is 10.2 Å². The number of benzene rings is 1. The minimum Gasteiger partial charge on any atom is -0.493 e. The lowest BCUT2D eigenvalue weighted by Crippen LogP contribution is -2.45. The third-order valence-corrected chi connectivity index (χ3v) is 4.53. The molecule has 1 saturated heterocycles. The smallest absolute Gasteiger partial charge is 0.161 e. The normalized spacial score (nSPS) is 17.3. The molecule has 0 unspecified atom stereocenters. The second-order valence-corrected chi connectivity index (χ2v) is 5.91. The molecule has 1 fully saturated rings. The van der Waals surface area contributed by atoms with Gasteiger partial charge in [0, 0.05) is 36.7 Å². The zero-order valence-corrected chi connectivity index (χ0v) is 14.3. The Morgan fingerprint density at radius 2 is 1.90 bits per heavy atom. The molecular formula is C16H23BrN2O2. The molecule has 0 spiro atoms. The summed E-state index contributed by atoms with van der Waals surface area (Å²) in [4.78, 5) is 2.49. The van der Waals surface area contributed by atoms with Crippen molar-refractivity contribution in [2.75, 3.05) is 40.4 Å². The molecule has 0 bridgehead atoms. The molecule has 1 N–H and O–H groups in total. The lowest BCUT2D eigenvalue weighted by Gasteiger charge is -2.35. The molecule has 1 aromatic rings. The highest BCUT2D eigenvalue weighted by molar-refractivity contribution is 9.10. The van der Waals surface area contributed by atoms with Crippen LogP contribution in [0.4, 0.5) is 0 Å². The molecule has 21 heavy (non-hydrogen) atoms. The predicted molar refractivity (Wildman–Crippen MR) is 89.2 cm³/mol. The molecule has 2 rings (SSSR count). The number of halogens is 1. The predicted octanol–water partition coefficient (Wildman–Crippen LogP) is 2.99. The van der Waals surface area contributed by atoms with Crippen LogP contribution < -0.4 is 14.8 Å². The third-order valence-electron chi connectivity index (χ3n) is 3.84. The first kappa shape index (κ1) is 16.3. The van der Waals surface area contributed by atoms with E-state index in [9.17, 15) is 0 Å². The minimum atomic E-state index is 0.304. The fraction of sp³-hybridized carbons (Fsp3) is 0.500. The van der Waals surface area contributed by atoms with Gasteiger partial charge in [0.15, 0.2) is 11.5 Å². The highest BCUT2D eigenvalue weighted by Crippen LogP contribution is 2.39. The van der Waals surface area contributed by atoms with Gasteiger partial charge < -0.3 is 14.8 Å². The molecule has 0 amide bonds. The van der Waals surface area contributed by atoms with Gasteiger partial charge in [0.1, 0.15) is 0 Å². The Bertz CT molecular complexity index is 487.